The number of fused-ring (bicyclic) bond motifs is 13. The van der Waals surface area contributed by atoms with E-state index in [-0.39, 0.29) is 16.4 Å². The summed E-state index contributed by atoms with van der Waals surface area (Å²) in [5.41, 5.74) is 23.1. The van der Waals surface area contributed by atoms with E-state index in [1.165, 1.54) is 108 Å². The van der Waals surface area contributed by atoms with E-state index in [2.05, 4.69) is 169 Å². The largest absolute Gasteiger partial charge is 0.213 e. The van der Waals surface area contributed by atoms with E-state index in [1.807, 2.05) is 0 Å². The Hall–Kier alpha value is -4.75. The number of rotatable bonds is 5. The fourth-order valence-corrected chi connectivity index (χ4v) is 10.9. The van der Waals surface area contributed by atoms with E-state index >= 15 is 0 Å². The monoisotopic (exact) mass is 664 g/mol. The van der Waals surface area contributed by atoms with Crippen molar-refractivity contribution < 1.29 is 4.57 Å². The Balaban J connectivity index is 1.28. The van der Waals surface area contributed by atoms with Crippen LogP contribution in [0.1, 0.15) is 103 Å². The Morgan fingerprint density at radius 1 is 0.490 bits per heavy atom. The lowest BCUT2D eigenvalue weighted by atomic mass is 9.58. The molecule has 3 aliphatic rings. The van der Waals surface area contributed by atoms with Gasteiger partial charge in [-0.1, -0.05) is 93.6 Å². The highest BCUT2D eigenvalue weighted by Crippen LogP contribution is 2.64. The summed E-state index contributed by atoms with van der Waals surface area (Å²) in [7, 11) is 0. The van der Waals surface area contributed by atoms with Gasteiger partial charge in [-0.2, -0.15) is 4.57 Å². The van der Waals surface area contributed by atoms with Gasteiger partial charge in [0.15, 0.2) is 11.7 Å². The third-order valence-corrected chi connectivity index (χ3v) is 13.9. The number of benzene rings is 5. The van der Waals surface area contributed by atoms with Crippen LogP contribution in [0.15, 0.2) is 109 Å². The quantitative estimate of drug-likeness (QED) is 0.161. The average Bonchev–Trinajstić information content (AvgIpc) is 3.59. The van der Waals surface area contributed by atoms with E-state index < -0.39 is 0 Å². The van der Waals surface area contributed by atoms with Crippen molar-refractivity contribution in [3.8, 4) is 44.6 Å². The second-order valence-electron chi connectivity index (χ2n) is 16.1. The van der Waals surface area contributed by atoms with Crippen molar-refractivity contribution in [2.24, 2.45) is 0 Å². The predicted molar refractivity (Wildman–Crippen MR) is 214 cm³/mol. The van der Waals surface area contributed by atoms with Gasteiger partial charge in [0.05, 0.1) is 16.4 Å². The molecule has 2 atom stereocenters. The first-order valence-corrected chi connectivity index (χ1v) is 19.3. The number of hydrogen-bond acceptors (Lipinski definition) is 0. The van der Waals surface area contributed by atoms with Crippen LogP contribution >= 0.6 is 0 Å². The predicted octanol–water partition coefficient (Wildman–Crippen LogP) is 12.5. The molecule has 0 amide bonds. The zero-order valence-electron chi connectivity index (χ0n) is 31.7. The van der Waals surface area contributed by atoms with Crippen molar-refractivity contribution in [2.45, 2.75) is 97.4 Å². The molecule has 2 heterocycles. The van der Waals surface area contributed by atoms with Crippen LogP contribution in [-0.4, -0.2) is 0 Å². The summed E-state index contributed by atoms with van der Waals surface area (Å²) in [6.07, 6.45) is 6.92. The third-order valence-electron chi connectivity index (χ3n) is 13.9. The fourth-order valence-electron chi connectivity index (χ4n) is 10.9. The highest BCUT2D eigenvalue weighted by Gasteiger charge is 2.58. The van der Waals surface area contributed by atoms with Crippen LogP contribution in [0.5, 0.6) is 0 Å². The van der Waals surface area contributed by atoms with Crippen LogP contribution in [0.4, 0.5) is 0 Å². The lowest BCUT2D eigenvalue weighted by Gasteiger charge is -2.48. The number of aryl methyl sites for hydroxylation is 4. The number of aromatic nitrogens is 1. The molecule has 1 aromatic heterocycles. The Kier molecular flexibility index (Phi) is 7.02. The molecule has 254 valence electrons. The molecule has 51 heavy (non-hydrogen) atoms. The molecular formula is C50H50N+. The molecule has 2 unspecified atom stereocenters. The van der Waals surface area contributed by atoms with Crippen molar-refractivity contribution in [3.05, 3.63) is 159 Å². The average molecular weight is 665 g/mol. The van der Waals surface area contributed by atoms with Gasteiger partial charge in [-0.25, -0.2) is 0 Å². The summed E-state index contributed by atoms with van der Waals surface area (Å²) in [4.78, 5) is 0. The molecule has 0 N–H and O–H groups in total. The van der Waals surface area contributed by atoms with E-state index in [4.69, 9.17) is 0 Å². The van der Waals surface area contributed by atoms with E-state index in [0.717, 1.165) is 12.8 Å². The smallest absolute Gasteiger partial charge is 0.192 e. The topological polar surface area (TPSA) is 3.88 Å². The molecule has 0 saturated heterocycles. The first kappa shape index (κ1) is 32.2. The van der Waals surface area contributed by atoms with E-state index in [9.17, 15) is 0 Å². The fraction of sp³-hybridized carbons (Fsp3) is 0.300. The molecule has 1 spiro atoms. The highest BCUT2D eigenvalue weighted by atomic mass is 15.1. The van der Waals surface area contributed by atoms with Crippen LogP contribution in [-0.2, 0) is 16.4 Å². The summed E-state index contributed by atoms with van der Waals surface area (Å²) in [6, 6.07) is 40.7. The van der Waals surface area contributed by atoms with Gasteiger partial charge in [0.2, 0.25) is 5.69 Å². The molecular weight excluding hydrogens is 615 g/mol. The third kappa shape index (κ3) is 3.96. The highest BCUT2D eigenvalue weighted by molar-refractivity contribution is 5.96. The molecule has 1 nitrogen and oxygen atoms in total. The van der Waals surface area contributed by atoms with Crippen LogP contribution in [0, 0.1) is 27.7 Å². The zero-order valence-corrected chi connectivity index (χ0v) is 31.7. The number of nitrogens with zero attached hydrogens (tertiary/aromatic N) is 1. The summed E-state index contributed by atoms with van der Waals surface area (Å²) < 4.78 is 2.65. The van der Waals surface area contributed by atoms with Crippen LogP contribution in [0.25, 0.3) is 44.6 Å². The molecule has 1 aliphatic heterocycles. The van der Waals surface area contributed by atoms with Crippen LogP contribution in [0.3, 0.4) is 0 Å². The molecule has 1 heteroatoms. The minimum Gasteiger partial charge on any atom is -0.192 e. The van der Waals surface area contributed by atoms with Crippen molar-refractivity contribution in [2.75, 3.05) is 0 Å². The van der Waals surface area contributed by atoms with Gasteiger partial charge in [-0.05, 0) is 149 Å². The zero-order chi connectivity index (χ0) is 35.4. The van der Waals surface area contributed by atoms with Gasteiger partial charge >= 0.3 is 0 Å². The van der Waals surface area contributed by atoms with Gasteiger partial charge in [0.25, 0.3) is 0 Å². The van der Waals surface area contributed by atoms with Crippen LogP contribution in [0.2, 0.25) is 0 Å². The minimum atomic E-state index is -0.330. The van der Waals surface area contributed by atoms with Gasteiger partial charge in [-0.15, -0.1) is 0 Å². The normalized spacial score (nSPS) is 20.0. The maximum absolute atomic E-state index is 2.65. The Labute approximate surface area is 305 Å². The lowest BCUT2D eigenvalue weighted by Crippen LogP contribution is -2.69. The molecule has 6 aromatic rings. The lowest BCUT2D eigenvalue weighted by molar-refractivity contribution is -0.770. The second kappa shape index (κ2) is 11.1. The summed E-state index contributed by atoms with van der Waals surface area (Å²) >= 11 is 0. The molecule has 0 fully saturated rings. The Morgan fingerprint density at radius 3 is 1.67 bits per heavy atom. The molecule has 9 rings (SSSR count). The second-order valence-corrected chi connectivity index (χ2v) is 16.1. The first-order valence-electron chi connectivity index (χ1n) is 19.3. The Bertz CT molecular complexity index is 2370. The Morgan fingerprint density at radius 2 is 1.04 bits per heavy atom. The van der Waals surface area contributed by atoms with Gasteiger partial charge < -0.3 is 0 Å². The molecule has 2 aliphatic carbocycles. The van der Waals surface area contributed by atoms with Crippen molar-refractivity contribution in [1.82, 2.24) is 0 Å². The number of pyridine rings is 1. The maximum Gasteiger partial charge on any atom is 0.213 e. The van der Waals surface area contributed by atoms with Gasteiger partial charge in [0.1, 0.15) is 0 Å². The minimum absolute atomic E-state index is 0.0319. The van der Waals surface area contributed by atoms with E-state index in [0.29, 0.717) is 0 Å². The molecule has 5 aromatic carbocycles. The molecule has 0 radical (unpaired) electrons. The molecule has 0 bridgehead atoms. The SMILES string of the molecule is CCCC1(CC)[n+]2ccccc2-c2cc(-c3ccc4c(c3)-c3ccccc3C43c4cc(C)c(C)cc4-c4cc(C)c(C)cc43)ccc2C1(C)CC. The summed E-state index contributed by atoms with van der Waals surface area (Å²) in [5.74, 6) is 0. The maximum atomic E-state index is 2.65. The summed E-state index contributed by atoms with van der Waals surface area (Å²) in [5, 5.41) is 0. The number of hydrogen-bond donors (Lipinski definition) is 0. The van der Waals surface area contributed by atoms with Crippen molar-refractivity contribution >= 4 is 0 Å². The van der Waals surface area contributed by atoms with Crippen LogP contribution < -0.4 is 4.57 Å². The molecule has 0 saturated carbocycles. The first-order chi connectivity index (χ1) is 24.6. The van der Waals surface area contributed by atoms with Crippen molar-refractivity contribution in [3.63, 3.8) is 0 Å². The van der Waals surface area contributed by atoms with E-state index in [1.54, 1.807) is 0 Å². The van der Waals surface area contributed by atoms with Gasteiger partial charge in [0, 0.05) is 25.0 Å². The standard InChI is InChI=1S/C50H50N/c1-9-23-49(11-3)48(8,10-2)42-21-19-36(30-41(42)47-18-14-15-24-51(47)49)35-20-22-44-40(29-35)37-16-12-13-17-43(37)50(44)45-27-33(6)31(4)25-38(45)39-26-32(5)34(7)28-46(39)50/h12-22,24-30H,9-11,23H2,1-8H3/q+1. The van der Waals surface area contributed by atoms with Crippen molar-refractivity contribution in [1.29, 1.82) is 0 Å². The van der Waals surface area contributed by atoms with Gasteiger partial charge in [-0.3, -0.25) is 0 Å². The summed E-state index contributed by atoms with van der Waals surface area (Å²) in [6.45, 7) is 18.7.